The maximum atomic E-state index is 5.79. The van der Waals surface area contributed by atoms with E-state index in [-0.39, 0.29) is 0 Å². The lowest BCUT2D eigenvalue weighted by Crippen LogP contribution is -2.08. The Hall–Kier alpha value is -1.67. The standard InChI is InChI=1S/C15H15ClO2/c1-12-2-6-14(7-3-12)17-10-11-18-15-8-4-13(16)5-9-15/h2-9H,10-11H2,1H3. The molecule has 0 heterocycles. The Bertz CT molecular complexity index is 429. The number of ether oxygens (including phenoxy) is 2. The largest absolute Gasteiger partial charge is 0.490 e. The van der Waals surface area contributed by atoms with Crippen molar-refractivity contribution in [2.24, 2.45) is 0 Å². The Balaban J connectivity index is 1.73. The van der Waals surface area contributed by atoms with Gasteiger partial charge >= 0.3 is 0 Å². The Labute approximate surface area is 112 Å². The average molecular weight is 263 g/mol. The first-order chi connectivity index (χ1) is 8.74. The summed E-state index contributed by atoms with van der Waals surface area (Å²) in [4.78, 5) is 0. The van der Waals surface area contributed by atoms with Gasteiger partial charge in [0.05, 0.1) is 0 Å². The average Bonchev–Trinajstić information content (AvgIpc) is 2.39. The third-order valence-corrected chi connectivity index (χ3v) is 2.71. The van der Waals surface area contributed by atoms with Crippen molar-refractivity contribution in [3.05, 3.63) is 59.1 Å². The monoisotopic (exact) mass is 262 g/mol. The fraction of sp³-hybridized carbons (Fsp3) is 0.200. The van der Waals surface area contributed by atoms with Gasteiger partial charge in [0, 0.05) is 5.02 Å². The van der Waals surface area contributed by atoms with E-state index < -0.39 is 0 Å². The van der Waals surface area contributed by atoms with Gasteiger partial charge < -0.3 is 9.47 Å². The molecule has 94 valence electrons. The van der Waals surface area contributed by atoms with E-state index in [2.05, 4.69) is 0 Å². The molecule has 0 saturated carbocycles. The van der Waals surface area contributed by atoms with Crippen LogP contribution in [0.25, 0.3) is 0 Å². The maximum Gasteiger partial charge on any atom is 0.122 e. The van der Waals surface area contributed by atoms with E-state index in [9.17, 15) is 0 Å². The van der Waals surface area contributed by atoms with E-state index in [4.69, 9.17) is 21.1 Å². The Morgan fingerprint density at radius 1 is 0.778 bits per heavy atom. The molecule has 0 amide bonds. The van der Waals surface area contributed by atoms with Crippen LogP contribution in [0.5, 0.6) is 11.5 Å². The first-order valence-electron chi connectivity index (χ1n) is 5.82. The molecule has 0 aliphatic carbocycles. The first kappa shape index (κ1) is 12.8. The van der Waals surface area contributed by atoms with Crippen molar-refractivity contribution in [3.8, 4) is 11.5 Å². The van der Waals surface area contributed by atoms with Crippen LogP contribution in [0.1, 0.15) is 5.56 Å². The molecule has 0 unspecified atom stereocenters. The second-order valence-electron chi connectivity index (χ2n) is 3.96. The van der Waals surface area contributed by atoms with Gasteiger partial charge in [-0.1, -0.05) is 29.3 Å². The number of rotatable bonds is 5. The topological polar surface area (TPSA) is 18.5 Å². The van der Waals surface area contributed by atoms with Crippen molar-refractivity contribution in [3.63, 3.8) is 0 Å². The van der Waals surface area contributed by atoms with Crippen molar-refractivity contribution in [2.75, 3.05) is 13.2 Å². The number of aryl methyl sites for hydroxylation is 1. The van der Waals surface area contributed by atoms with E-state index in [1.54, 1.807) is 12.1 Å². The fourth-order valence-corrected chi connectivity index (χ4v) is 1.61. The van der Waals surface area contributed by atoms with Gasteiger partial charge in [0.1, 0.15) is 24.7 Å². The highest BCUT2D eigenvalue weighted by Crippen LogP contribution is 2.15. The van der Waals surface area contributed by atoms with Gasteiger partial charge in [-0.25, -0.2) is 0 Å². The SMILES string of the molecule is Cc1ccc(OCCOc2ccc(Cl)cc2)cc1. The molecule has 0 spiro atoms. The lowest BCUT2D eigenvalue weighted by molar-refractivity contribution is 0.217. The number of hydrogen-bond acceptors (Lipinski definition) is 2. The molecule has 0 aromatic heterocycles. The zero-order valence-electron chi connectivity index (χ0n) is 10.2. The number of hydrogen-bond donors (Lipinski definition) is 0. The highest BCUT2D eigenvalue weighted by molar-refractivity contribution is 6.30. The molecule has 0 radical (unpaired) electrons. The zero-order valence-corrected chi connectivity index (χ0v) is 11.0. The molecule has 0 bridgehead atoms. The van der Waals surface area contributed by atoms with Crippen LogP contribution in [0.3, 0.4) is 0 Å². The van der Waals surface area contributed by atoms with Crippen LogP contribution < -0.4 is 9.47 Å². The highest BCUT2D eigenvalue weighted by Gasteiger charge is 1.95. The summed E-state index contributed by atoms with van der Waals surface area (Å²) >= 11 is 5.79. The normalized spacial score (nSPS) is 10.1. The second kappa shape index (κ2) is 6.31. The van der Waals surface area contributed by atoms with Gasteiger partial charge in [-0.05, 0) is 43.3 Å². The molecule has 18 heavy (non-hydrogen) atoms. The molecule has 2 aromatic carbocycles. The molecule has 0 aliphatic heterocycles. The predicted octanol–water partition coefficient (Wildman–Crippen LogP) is 4.11. The second-order valence-corrected chi connectivity index (χ2v) is 4.40. The Morgan fingerprint density at radius 3 is 1.72 bits per heavy atom. The van der Waals surface area contributed by atoms with Crippen molar-refractivity contribution >= 4 is 11.6 Å². The summed E-state index contributed by atoms with van der Waals surface area (Å²) in [5.41, 5.74) is 1.22. The summed E-state index contributed by atoms with van der Waals surface area (Å²) in [5, 5.41) is 0.707. The molecule has 0 fully saturated rings. The van der Waals surface area contributed by atoms with Crippen molar-refractivity contribution in [1.29, 1.82) is 0 Å². The number of benzene rings is 2. The Morgan fingerprint density at radius 2 is 1.22 bits per heavy atom. The van der Waals surface area contributed by atoms with E-state index in [0.717, 1.165) is 11.5 Å². The van der Waals surface area contributed by atoms with Gasteiger partial charge in [-0.3, -0.25) is 0 Å². The van der Waals surface area contributed by atoms with Crippen LogP contribution in [0.15, 0.2) is 48.5 Å². The summed E-state index contributed by atoms with van der Waals surface area (Å²) in [6.45, 7) is 3.08. The summed E-state index contributed by atoms with van der Waals surface area (Å²) < 4.78 is 11.1. The molecule has 0 saturated heterocycles. The minimum absolute atomic E-state index is 0.509. The smallest absolute Gasteiger partial charge is 0.122 e. The molecule has 3 heteroatoms. The molecule has 2 rings (SSSR count). The van der Waals surface area contributed by atoms with Gasteiger partial charge in [-0.15, -0.1) is 0 Å². The fourth-order valence-electron chi connectivity index (χ4n) is 1.48. The first-order valence-corrected chi connectivity index (χ1v) is 6.20. The van der Waals surface area contributed by atoms with Gasteiger partial charge in [-0.2, -0.15) is 0 Å². The molecular formula is C15H15ClO2. The Kier molecular flexibility index (Phi) is 4.48. The summed E-state index contributed by atoms with van der Waals surface area (Å²) in [7, 11) is 0. The molecule has 0 aliphatic rings. The van der Waals surface area contributed by atoms with E-state index in [0.29, 0.717) is 18.2 Å². The minimum Gasteiger partial charge on any atom is -0.490 e. The van der Waals surface area contributed by atoms with Crippen molar-refractivity contribution in [1.82, 2.24) is 0 Å². The third-order valence-electron chi connectivity index (χ3n) is 2.46. The zero-order chi connectivity index (χ0) is 12.8. The van der Waals surface area contributed by atoms with Gasteiger partial charge in [0.15, 0.2) is 0 Å². The van der Waals surface area contributed by atoms with Gasteiger partial charge in [0.2, 0.25) is 0 Å². The van der Waals surface area contributed by atoms with E-state index in [1.807, 2.05) is 43.3 Å². The summed E-state index contributed by atoms with van der Waals surface area (Å²) in [6.07, 6.45) is 0. The lowest BCUT2D eigenvalue weighted by Gasteiger charge is -2.08. The molecule has 2 aromatic rings. The van der Waals surface area contributed by atoms with E-state index in [1.165, 1.54) is 5.56 Å². The highest BCUT2D eigenvalue weighted by atomic mass is 35.5. The minimum atomic E-state index is 0.509. The molecule has 0 N–H and O–H groups in total. The van der Waals surface area contributed by atoms with Crippen molar-refractivity contribution in [2.45, 2.75) is 6.92 Å². The predicted molar refractivity (Wildman–Crippen MR) is 73.6 cm³/mol. The number of halogens is 1. The van der Waals surface area contributed by atoms with Crippen LogP contribution in [-0.2, 0) is 0 Å². The maximum absolute atomic E-state index is 5.79. The van der Waals surface area contributed by atoms with Crippen LogP contribution in [0.2, 0.25) is 5.02 Å². The van der Waals surface area contributed by atoms with Crippen LogP contribution in [-0.4, -0.2) is 13.2 Å². The quantitative estimate of drug-likeness (QED) is 0.755. The molecule has 0 atom stereocenters. The van der Waals surface area contributed by atoms with E-state index >= 15 is 0 Å². The van der Waals surface area contributed by atoms with Crippen LogP contribution in [0.4, 0.5) is 0 Å². The summed E-state index contributed by atoms with van der Waals surface area (Å²) in [6, 6.07) is 15.2. The van der Waals surface area contributed by atoms with Crippen LogP contribution in [0, 0.1) is 6.92 Å². The van der Waals surface area contributed by atoms with Crippen molar-refractivity contribution < 1.29 is 9.47 Å². The lowest BCUT2D eigenvalue weighted by atomic mass is 10.2. The van der Waals surface area contributed by atoms with Crippen LogP contribution >= 0.6 is 11.6 Å². The molecular weight excluding hydrogens is 248 g/mol. The summed E-state index contributed by atoms with van der Waals surface area (Å²) in [5.74, 6) is 1.66. The third kappa shape index (κ3) is 3.97. The van der Waals surface area contributed by atoms with Gasteiger partial charge in [0.25, 0.3) is 0 Å². The molecule has 2 nitrogen and oxygen atoms in total.